The van der Waals surface area contributed by atoms with E-state index in [0.717, 1.165) is 37.1 Å². The summed E-state index contributed by atoms with van der Waals surface area (Å²) >= 11 is 12.6. The molecule has 0 radical (unpaired) electrons. The monoisotopic (exact) mass is 356 g/mol. The first-order valence-electron chi connectivity index (χ1n) is 8.00. The standard InChI is InChI=1S/C17H26Cl2N4/c1-11-5-6-14(16(19)15(11)18)12(2)21-17(20)23(4)13-7-9-22(3)10-8-13/h5-6,12-13H,7-10H2,1-4H3,(H2,20,21). The van der Waals surface area contributed by atoms with Crippen LogP contribution in [-0.4, -0.2) is 49.0 Å². The van der Waals surface area contributed by atoms with E-state index in [-0.39, 0.29) is 6.04 Å². The van der Waals surface area contributed by atoms with Crippen molar-refractivity contribution in [2.75, 3.05) is 27.2 Å². The Kier molecular flexibility index (Phi) is 6.18. The Bertz CT molecular complexity index is 580. The quantitative estimate of drug-likeness (QED) is 0.663. The number of likely N-dealkylation sites (tertiary alicyclic amines) is 1. The molecule has 1 aromatic carbocycles. The van der Waals surface area contributed by atoms with Gasteiger partial charge in [-0.1, -0.05) is 35.3 Å². The minimum atomic E-state index is -0.130. The predicted molar refractivity (Wildman–Crippen MR) is 99.5 cm³/mol. The Morgan fingerprint density at radius 2 is 1.91 bits per heavy atom. The van der Waals surface area contributed by atoms with Crippen molar-refractivity contribution in [1.29, 1.82) is 0 Å². The lowest BCUT2D eigenvalue weighted by atomic mass is 10.0. The van der Waals surface area contributed by atoms with Gasteiger partial charge in [-0.15, -0.1) is 0 Å². The number of aryl methyl sites for hydroxylation is 1. The SMILES string of the molecule is Cc1ccc(C(C)N=C(N)N(C)C2CCN(C)CC2)c(Cl)c1Cl. The molecule has 1 saturated heterocycles. The predicted octanol–water partition coefficient (Wildman–Crippen LogP) is 3.70. The Balaban J connectivity index is 2.12. The molecule has 6 heteroatoms. The van der Waals surface area contributed by atoms with E-state index < -0.39 is 0 Å². The molecular formula is C17H26Cl2N4. The zero-order valence-electron chi connectivity index (χ0n) is 14.3. The van der Waals surface area contributed by atoms with Crippen LogP contribution in [0.25, 0.3) is 0 Å². The van der Waals surface area contributed by atoms with Gasteiger partial charge in [0.25, 0.3) is 0 Å². The first kappa shape index (κ1) is 18.4. The van der Waals surface area contributed by atoms with Crippen molar-refractivity contribution in [2.45, 2.75) is 38.8 Å². The largest absolute Gasteiger partial charge is 0.370 e. The molecule has 2 N–H and O–H groups in total. The molecule has 4 nitrogen and oxygen atoms in total. The summed E-state index contributed by atoms with van der Waals surface area (Å²) in [4.78, 5) is 9.07. The van der Waals surface area contributed by atoms with Gasteiger partial charge >= 0.3 is 0 Å². The molecule has 128 valence electrons. The Morgan fingerprint density at radius 1 is 1.30 bits per heavy atom. The first-order chi connectivity index (χ1) is 10.8. The van der Waals surface area contributed by atoms with E-state index in [1.165, 1.54) is 0 Å². The fourth-order valence-corrected chi connectivity index (χ4v) is 3.45. The van der Waals surface area contributed by atoms with Crippen molar-refractivity contribution in [2.24, 2.45) is 10.7 Å². The van der Waals surface area contributed by atoms with Crippen LogP contribution in [0.1, 0.15) is 36.9 Å². The summed E-state index contributed by atoms with van der Waals surface area (Å²) < 4.78 is 0. The summed E-state index contributed by atoms with van der Waals surface area (Å²) in [6, 6.07) is 4.25. The van der Waals surface area contributed by atoms with Gasteiger partial charge in [-0.2, -0.15) is 0 Å². The highest BCUT2D eigenvalue weighted by molar-refractivity contribution is 6.43. The third kappa shape index (κ3) is 4.31. The normalized spacial score (nSPS) is 19.0. The van der Waals surface area contributed by atoms with E-state index in [1.807, 2.05) is 33.0 Å². The second-order valence-corrected chi connectivity index (χ2v) is 7.16. The summed E-state index contributed by atoms with van der Waals surface area (Å²) in [5.41, 5.74) is 8.10. The van der Waals surface area contributed by atoms with Gasteiger partial charge < -0.3 is 15.5 Å². The molecule has 1 aromatic rings. The van der Waals surface area contributed by atoms with Gasteiger partial charge in [-0.05, 0) is 58.0 Å². The fraction of sp³-hybridized carbons (Fsp3) is 0.588. The van der Waals surface area contributed by atoms with E-state index in [0.29, 0.717) is 22.0 Å². The number of piperidine rings is 1. The lowest BCUT2D eigenvalue weighted by molar-refractivity contribution is 0.191. The van der Waals surface area contributed by atoms with E-state index in [9.17, 15) is 0 Å². The molecule has 0 amide bonds. The van der Waals surface area contributed by atoms with E-state index in [2.05, 4.69) is 21.8 Å². The van der Waals surface area contributed by atoms with Crippen molar-refractivity contribution >= 4 is 29.2 Å². The Morgan fingerprint density at radius 3 is 2.52 bits per heavy atom. The smallest absolute Gasteiger partial charge is 0.191 e. The van der Waals surface area contributed by atoms with E-state index in [4.69, 9.17) is 28.9 Å². The second kappa shape index (κ2) is 7.73. The molecule has 0 bridgehead atoms. The van der Waals surface area contributed by atoms with Crippen LogP contribution in [0.4, 0.5) is 0 Å². The average molecular weight is 357 g/mol. The van der Waals surface area contributed by atoms with Gasteiger partial charge in [0.2, 0.25) is 0 Å². The Hall–Kier alpha value is -0.970. The number of benzene rings is 1. The van der Waals surface area contributed by atoms with Crippen LogP contribution in [0.3, 0.4) is 0 Å². The third-order valence-corrected chi connectivity index (χ3v) is 5.67. The van der Waals surface area contributed by atoms with Gasteiger partial charge in [0.1, 0.15) is 0 Å². The summed E-state index contributed by atoms with van der Waals surface area (Å²) in [7, 11) is 4.17. The molecule has 0 saturated carbocycles. The molecule has 0 spiro atoms. The number of hydrogen-bond acceptors (Lipinski definition) is 2. The van der Waals surface area contributed by atoms with Crippen LogP contribution in [0.5, 0.6) is 0 Å². The van der Waals surface area contributed by atoms with Gasteiger partial charge in [0.15, 0.2) is 5.96 Å². The van der Waals surface area contributed by atoms with Gasteiger partial charge in [-0.25, -0.2) is 4.99 Å². The average Bonchev–Trinajstić information content (AvgIpc) is 2.52. The number of halogens is 2. The maximum atomic E-state index is 6.36. The molecule has 1 heterocycles. The van der Waals surface area contributed by atoms with E-state index >= 15 is 0 Å². The summed E-state index contributed by atoms with van der Waals surface area (Å²) in [5.74, 6) is 0.555. The van der Waals surface area contributed by atoms with Crippen molar-refractivity contribution in [3.63, 3.8) is 0 Å². The highest BCUT2D eigenvalue weighted by atomic mass is 35.5. The van der Waals surface area contributed by atoms with E-state index in [1.54, 1.807) is 0 Å². The molecule has 1 fully saturated rings. The molecule has 0 aromatic heterocycles. The number of aliphatic imine (C=N–C) groups is 1. The molecule has 1 atom stereocenters. The Labute approximate surface area is 149 Å². The molecular weight excluding hydrogens is 331 g/mol. The van der Waals surface area contributed by atoms with Crippen molar-refractivity contribution in [1.82, 2.24) is 9.80 Å². The number of nitrogens with two attached hydrogens (primary N) is 1. The molecule has 0 aliphatic carbocycles. The van der Waals surface area contributed by atoms with Crippen molar-refractivity contribution in [3.8, 4) is 0 Å². The minimum absolute atomic E-state index is 0.130. The van der Waals surface area contributed by atoms with Crippen LogP contribution >= 0.6 is 23.2 Å². The zero-order chi connectivity index (χ0) is 17.1. The van der Waals surface area contributed by atoms with Gasteiger partial charge in [-0.3, -0.25) is 0 Å². The molecule has 1 aliphatic heterocycles. The van der Waals surface area contributed by atoms with Gasteiger partial charge in [0.05, 0.1) is 16.1 Å². The van der Waals surface area contributed by atoms with Crippen LogP contribution in [0.2, 0.25) is 10.0 Å². The van der Waals surface area contributed by atoms with Gasteiger partial charge in [0, 0.05) is 13.1 Å². The summed E-state index contributed by atoms with van der Waals surface area (Å²) in [5, 5.41) is 1.16. The molecule has 1 aliphatic rings. The third-order valence-electron chi connectivity index (χ3n) is 4.68. The first-order valence-corrected chi connectivity index (χ1v) is 8.76. The highest BCUT2D eigenvalue weighted by Gasteiger charge is 2.22. The maximum absolute atomic E-state index is 6.36. The number of rotatable bonds is 3. The topological polar surface area (TPSA) is 44.9 Å². The lowest BCUT2D eigenvalue weighted by Gasteiger charge is -2.35. The molecule has 1 unspecified atom stereocenters. The number of nitrogens with zero attached hydrogens (tertiary/aromatic N) is 3. The van der Waals surface area contributed by atoms with Crippen molar-refractivity contribution in [3.05, 3.63) is 33.3 Å². The van der Waals surface area contributed by atoms with Crippen LogP contribution < -0.4 is 5.73 Å². The van der Waals surface area contributed by atoms with Crippen LogP contribution in [0, 0.1) is 6.92 Å². The van der Waals surface area contributed by atoms with Crippen LogP contribution in [-0.2, 0) is 0 Å². The summed E-state index contributed by atoms with van der Waals surface area (Å²) in [6.07, 6.45) is 2.21. The number of hydrogen-bond donors (Lipinski definition) is 1. The lowest BCUT2D eigenvalue weighted by Crippen LogP contribution is -2.47. The minimum Gasteiger partial charge on any atom is -0.370 e. The summed E-state index contributed by atoms with van der Waals surface area (Å²) in [6.45, 7) is 6.12. The number of guanidine groups is 1. The fourth-order valence-electron chi connectivity index (χ4n) is 2.91. The van der Waals surface area contributed by atoms with Crippen LogP contribution in [0.15, 0.2) is 17.1 Å². The highest BCUT2D eigenvalue weighted by Crippen LogP contribution is 2.34. The maximum Gasteiger partial charge on any atom is 0.191 e. The molecule has 23 heavy (non-hydrogen) atoms. The zero-order valence-corrected chi connectivity index (χ0v) is 15.8. The molecule has 2 rings (SSSR count). The second-order valence-electron chi connectivity index (χ2n) is 6.41. The van der Waals surface area contributed by atoms with Crippen molar-refractivity contribution < 1.29 is 0 Å².